The maximum Gasteiger partial charge on any atom is 0.472 e. The zero-order chi connectivity index (χ0) is 34.3. The van der Waals surface area contributed by atoms with Gasteiger partial charge in [-0.25, -0.2) is 9.36 Å². The summed E-state index contributed by atoms with van der Waals surface area (Å²) < 4.78 is 26.4. The predicted molar refractivity (Wildman–Crippen MR) is 180 cm³/mol. The highest BCUT2D eigenvalue weighted by atomic mass is 31.2. The van der Waals surface area contributed by atoms with E-state index in [-0.39, 0.29) is 12.8 Å². The molecule has 3 atom stereocenters. The van der Waals surface area contributed by atoms with Crippen LogP contribution in [-0.4, -0.2) is 64.9 Å². The zero-order valence-electron chi connectivity index (χ0n) is 28.9. The number of unbranched alkanes of at least 4 members (excludes halogenated alkanes) is 20. The molecule has 0 aromatic heterocycles. The fourth-order valence-electron chi connectivity index (χ4n) is 5.02. The molecule has 0 radical (unpaired) electrons. The number of hydrogen-bond acceptors (Lipinski definition) is 8. The van der Waals surface area contributed by atoms with E-state index in [1.54, 1.807) is 0 Å². The quantitative estimate of drug-likeness (QED) is 0.0297. The molecule has 0 bridgehead atoms. The van der Waals surface area contributed by atoms with Crippen LogP contribution >= 0.6 is 7.82 Å². The number of hydrogen-bond donors (Lipinski definition) is 4. The summed E-state index contributed by atoms with van der Waals surface area (Å²) in [5.41, 5.74) is 0. The van der Waals surface area contributed by atoms with E-state index in [1.165, 1.54) is 89.9 Å². The van der Waals surface area contributed by atoms with Crippen LogP contribution in [0.2, 0.25) is 0 Å². The molecule has 4 N–H and O–H groups in total. The van der Waals surface area contributed by atoms with Gasteiger partial charge in [-0.15, -0.1) is 0 Å². The number of esters is 1. The fourth-order valence-corrected chi connectivity index (χ4v) is 5.79. The lowest BCUT2D eigenvalue weighted by Gasteiger charge is -2.18. The first kappa shape index (κ1) is 44.5. The van der Waals surface area contributed by atoms with Crippen molar-refractivity contribution >= 4 is 25.7 Å². The third-order valence-electron chi connectivity index (χ3n) is 7.90. The summed E-state index contributed by atoms with van der Waals surface area (Å²) in [6.07, 6.45) is 24.9. The molecule has 0 aliphatic carbocycles. The Morgan fingerprint density at radius 2 is 1.00 bits per heavy atom. The molecule has 46 heavy (non-hydrogen) atoms. The van der Waals surface area contributed by atoms with E-state index < -0.39 is 57.6 Å². The van der Waals surface area contributed by atoms with Crippen molar-refractivity contribution in [3.05, 3.63) is 0 Å². The first-order chi connectivity index (χ1) is 22.1. The highest BCUT2D eigenvalue weighted by Crippen LogP contribution is 2.43. The molecule has 12 heteroatoms. The number of nitrogens with one attached hydrogen (secondary N) is 1. The molecular formula is C34H66NO10P. The van der Waals surface area contributed by atoms with Crippen LogP contribution in [0.5, 0.6) is 0 Å². The first-order valence-corrected chi connectivity index (χ1v) is 19.6. The van der Waals surface area contributed by atoms with Crippen LogP contribution in [0.4, 0.5) is 0 Å². The number of carboxylic acids is 1. The second-order valence-corrected chi connectivity index (χ2v) is 13.9. The van der Waals surface area contributed by atoms with Crippen molar-refractivity contribution in [2.45, 2.75) is 180 Å². The Kier molecular flexibility index (Phi) is 29.8. The SMILES string of the molecule is CCCCCCCCCCCCCCCCCCCCC(=O)NC(COP(=O)(O)OCC(O)COC(=O)CCCCCC)C(=O)O. The van der Waals surface area contributed by atoms with Crippen molar-refractivity contribution in [3.8, 4) is 0 Å². The van der Waals surface area contributed by atoms with Crippen LogP contribution in [0.15, 0.2) is 0 Å². The van der Waals surface area contributed by atoms with Crippen molar-refractivity contribution in [3.63, 3.8) is 0 Å². The largest absolute Gasteiger partial charge is 0.480 e. The molecule has 0 aliphatic rings. The van der Waals surface area contributed by atoms with Gasteiger partial charge in [0.15, 0.2) is 6.04 Å². The van der Waals surface area contributed by atoms with Gasteiger partial charge in [-0.2, -0.15) is 0 Å². The molecule has 1 amide bonds. The Hall–Kier alpha value is -1.52. The number of amides is 1. The molecule has 0 saturated heterocycles. The average molecular weight is 680 g/mol. The van der Waals surface area contributed by atoms with Crippen molar-refractivity contribution in [2.75, 3.05) is 19.8 Å². The van der Waals surface area contributed by atoms with Crippen LogP contribution < -0.4 is 5.32 Å². The molecule has 0 spiro atoms. The van der Waals surface area contributed by atoms with E-state index in [1.807, 2.05) is 0 Å². The Bertz CT molecular complexity index is 813. The molecule has 0 aromatic carbocycles. The summed E-state index contributed by atoms with van der Waals surface area (Å²) >= 11 is 0. The summed E-state index contributed by atoms with van der Waals surface area (Å²) in [7, 11) is -4.73. The van der Waals surface area contributed by atoms with Gasteiger partial charge in [0.25, 0.3) is 0 Å². The van der Waals surface area contributed by atoms with Crippen molar-refractivity contribution in [2.24, 2.45) is 0 Å². The molecule has 0 heterocycles. The molecule has 0 rings (SSSR count). The summed E-state index contributed by atoms with van der Waals surface area (Å²) in [6.45, 7) is 2.43. The third-order valence-corrected chi connectivity index (χ3v) is 8.85. The number of carboxylic acid groups (broad SMARTS) is 1. The second-order valence-electron chi connectivity index (χ2n) is 12.4. The van der Waals surface area contributed by atoms with Gasteiger partial charge >= 0.3 is 19.8 Å². The van der Waals surface area contributed by atoms with Crippen LogP contribution in [-0.2, 0) is 32.7 Å². The van der Waals surface area contributed by atoms with Gasteiger partial charge in [0, 0.05) is 12.8 Å². The van der Waals surface area contributed by atoms with Gasteiger partial charge < -0.3 is 25.2 Å². The molecule has 0 saturated carbocycles. The van der Waals surface area contributed by atoms with Gasteiger partial charge in [0.2, 0.25) is 5.91 Å². The van der Waals surface area contributed by atoms with Gasteiger partial charge in [0.05, 0.1) is 13.2 Å². The van der Waals surface area contributed by atoms with E-state index in [0.717, 1.165) is 38.5 Å². The van der Waals surface area contributed by atoms with E-state index in [0.29, 0.717) is 12.8 Å². The molecule has 3 unspecified atom stereocenters. The van der Waals surface area contributed by atoms with E-state index in [9.17, 15) is 34.1 Å². The topological polar surface area (TPSA) is 169 Å². The van der Waals surface area contributed by atoms with Crippen LogP contribution in [0.3, 0.4) is 0 Å². The minimum atomic E-state index is -4.73. The number of phosphoric acid groups is 1. The van der Waals surface area contributed by atoms with Crippen LogP contribution in [0.25, 0.3) is 0 Å². The molecule has 0 aliphatic heterocycles. The smallest absolute Gasteiger partial charge is 0.472 e. The number of ether oxygens (including phenoxy) is 1. The van der Waals surface area contributed by atoms with Crippen molar-refractivity contribution < 1.29 is 47.8 Å². The monoisotopic (exact) mass is 679 g/mol. The second kappa shape index (κ2) is 30.8. The Morgan fingerprint density at radius 1 is 0.609 bits per heavy atom. The van der Waals surface area contributed by atoms with Gasteiger partial charge in [0.1, 0.15) is 12.7 Å². The minimum absolute atomic E-state index is 0.152. The maximum absolute atomic E-state index is 12.2. The molecule has 11 nitrogen and oxygen atoms in total. The number of rotatable bonds is 34. The lowest BCUT2D eigenvalue weighted by molar-refractivity contribution is -0.147. The summed E-state index contributed by atoms with van der Waals surface area (Å²) in [4.78, 5) is 45.2. The third kappa shape index (κ3) is 29.9. The lowest BCUT2D eigenvalue weighted by Crippen LogP contribution is -2.43. The zero-order valence-corrected chi connectivity index (χ0v) is 29.8. The molecule has 0 fully saturated rings. The predicted octanol–water partition coefficient (Wildman–Crippen LogP) is 8.00. The minimum Gasteiger partial charge on any atom is -0.480 e. The normalized spacial score (nSPS) is 14.0. The van der Waals surface area contributed by atoms with E-state index in [2.05, 4.69) is 23.7 Å². The van der Waals surface area contributed by atoms with Crippen LogP contribution in [0, 0.1) is 0 Å². The standard InChI is InChI=1S/C34H66NO10P/c1-3-5-7-9-10-11-12-13-14-15-16-17-18-19-20-21-22-23-25-32(37)35-31(34(39)40)29-45-46(41,42)44-28-30(36)27-43-33(38)26-24-8-6-4-2/h30-31,36H,3-29H2,1-2H3,(H,35,37)(H,39,40)(H,41,42). The van der Waals surface area contributed by atoms with Gasteiger partial charge in [-0.3, -0.25) is 18.6 Å². The van der Waals surface area contributed by atoms with Crippen LogP contribution in [0.1, 0.15) is 168 Å². The van der Waals surface area contributed by atoms with Gasteiger partial charge in [-0.1, -0.05) is 142 Å². The highest BCUT2D eigenvalue weighted by Gasteiger charge is 2.28. The fraction of sp³-hybridized carbons (Fsp3) is 0.912. The van der Waals surface area contributed by atoms with Crippen molar-refractivity contribution in [1.29, 1.82) is 0 Å². The average Bonchev–Trinajstić information content (AvgIpc) is 3.02. The Labute approximate surface area is 278 Å². The summed E-state index contributed by atoms with van der Waals surface area (Å²) in [5, 5.41) is 21.6. The lowest BCUT2D eigenvalue weighted by atomic mass is 10.0. The maximum atomic E-state index is 12.2. The number of carbonyl (C=O) groups excluding carboxylic acids is 2. The highest BCUT2D eigenvalue weighted by molar-refractivity contribution is 7.47. The number of aliphatic hydroxyl groups is 1. The Morgan fingerprint density at radius 3 is 1.46 bits per heavy atom. The molecule has 0 aromatic rings. The first-order valence-electron chi connectivity index (χ1n) is 18.1. The number of phosphoric ester groups is 1. The van der Waals surface area contributed by atoms with Crippen molar-refractivity contribution in [1.82, 2.24) is 5.32 Å². The Balaban J connectivity index is 3.88. The molecular weight excluding hydrogens is 613 g/mol. The molecule has 272 valence electrons. The number of aliphatic carboxylic acids is 1. The van der Waals surface area contributed by atoms with E-state index in [4.69, 9.17) is 9.26 Å². The summed E-state index contributed by atoms with van der Waals surface area (Å²) in [6, 6.07) is -1.54. The summed E-state index contributed by atoms with van der Waals surface area (Å²) in [5.74, 6) is -2.38. The van der Waals surface area contributed by atoms with Gasteiger partial charge in [-0.05, 0) is 12.8 Å². The number of carbonyl (C=O) groups is 3. The number of aliphatic hydroxyl groups excluding tert-OH is 1. The van der Waals surface area contributed by atoms with E-state index >= 15 is 0 Å².